The molecule has 1 aromatic rings. The summed E-state index contributed by atoms with van der Waals surface area (Å²) < 4.78 is 5.00. The summed E-state index contributed by atoms with van der Waals surface area (Å²) in [4.78, 5) is 15.7. The van der Waals surface area contributed by atoms with Gasteiger partial charge in [0.1, 0.15) is 21.5 Å². The van der Waals surface area contributed by atoms with Crippen LogP contribution in [0.25, 0.3) is 0 Å². The maximum Gasteiger partial charge on any atom is 0.265 e. The summed E-state index contributed by atoms with van der Waals surface area (Å²) >= 11 is 1.24. The fourth-order valence-electron chi connectivity index (χ4n) is 1.50. The Hall–Kier alpha value is -1.78. The normalized spacial score (nSPS) is 10.1. The number of amides is 1. The molecule has 0 fully saturated rings. The predicted molar refractivity (Wildman–Crippen MR) is 76.6 cm³/mol. The molecule has 0 radical (unpaired) electrons. The van der Waals surface area contributed by atoms with Crippen molar-refractivity contribution in [2.45, 2.75) is 0 Å². The van der Waals surface area contributed by atoms with Crippen LogP contribution < -0.4 is 10.6 Å². The van der Waals surface area contributed by atoms with E-state index in [0.29, 0.717) is 28.6 Å². The number of nitrogen functional groups attached to an aromatic ring is 1. The number of nitrogens with zero attached hydrogens (tertiary/aromatic N) is 3. The van der Waals surface area contributed by atoms with Crippen molar-refractivity contribution >= 4 is 27.9 Å². The number of carbonyl (C=O) groups excluding carboxylic acids is 1. The van der Waals surface area contributed by atoms with Gasteiger partial charge >= 0.3 is 0 Å². The molecular weight excluding hydrogens is 264 g/mol. The average molecular weight is 282 g/mol. The van der Waals surface area contributed by atoms with E-state index in [9.17, 15) is 10.1 Å². The molecule has 0 aromatic carbocycles. The van der Waals surface area contributed by atoms with Crippen molar-refractivity contribution in [3.63, 3.8) is 0 Å². The topological polar surface area (TPSA) is 82.6 Å². The highest BCUT2D eigenvalue weighted by Gasteiger charge is 2.23. The molecule has 0 aliphatic heterocycles. The van der Waals surface area contributed by atoms with Crippen molar-refractivity contribution in [2.75, 3.05) is 52.0 Å². The minimum atomic E-state index is -0.189. The van der Waals surface area contributed by atoms with E-state index in [1.54, 1.807) is 21.2 Å². The Kier molecular flexibility index (Phi) is 5.15. The van der Waals surface area contributed by atoms with Gasteiger partial charge in [-0.1, -0.05) is 0 Å². The Morgan fingerprint density at radius 2 is 2.11 bits per heavy atom. The molecule has 7 heteroatoms. The summed E-state index contributed by atoms with van der Waals surface area (Å²) in [5, 5.41) is 9.90. The van der Waals surface area contributed by atoms with Gasteiger partial charge in [-0.05, 0) is 0 Å². The van der Waals surface area contributed by atoms with Crippen LogP contribution in [0.3, 0.4) is 0 Å². The standard InChI is InChI=1S/C12H18N4O2S/c1-15(2)11(17)10-9(14)8(7-13)12(19-10)16(3)5-6-18-4/h5-6,14H2,1-4H3. The molecule has 0 aliphatic rings. The lowest BCUT2D eigenvalue weighted by atomic mass is 10.2. The zero-order valence-corrected chi connectivity index (χ0v) is 12.4. The Labute approximate surface area is 117 Å². The van der Waals surface area contributed by atoms with Gasteiger partial charge in [-0.3, -0.25) is 4.79 Å². The second-order valence-corrected chi connectivity index (χ2v) is 5.25. The lowest BCUT2D eigenvalue weighted by Gasteiger charge is -2.16. The molecule has 1 rings (SSSR count). The number of thiophene rings is 1. The number of likely N-dealkylation sites (N-methyl/N-ethyl adjacent to an activating group) is 1. The number of hydrogen-bond acceptors (Lipinski definition) is 6. The smallest absolute Gasteiger partial charge is 0.265 e. The van der Waals surface area contributed by atoms with E-state index < -0.39 is 0 Å². The number of nitrogens with two attached hydrogens (primary N) is 1. The third-order valence-electron chi connectivity index (χ3n) is 2.62. The Morgan fingerprint density at radius 1 is 1.47 bits per heavy atom. The van der Waals surface area contributed by atoms with E-state index >= 15 is 0 Å². The summed E-state index contributed by atoms with van der Waals surface area (Å²) in [6, 6.07) is 2.07. The fourth-order valence-corrected chi connectivity index (χ4v) is 2.68. The third-order valence-corrected chi connectivity index (χ3v) is 3.92. The van der Waals surface area contributed by atoms with Crippen LogP contribution in [0.1, 0.15) is 15.2 Å². The molecule has 0 bridgehead atoms. The molecule has 0 unspecified atom stereocenters. The first-order valence-corrected chi connectivity index (χ1v) is 6.49. The number of nitriles is 1. The molecule has 0 spiro atoms. The van der Waals surface area contributed by atoms with Crippen molar-refractivity contribution in [2.24, 2.45) is 0 Å². The number of methoxy groups -OCH3 is 1. The largest absolute Gasteiger partial charge is 0.396 e. The molecule has 0 saturated carbocycles. The van der Waals surface area contributed by atoms with Crippen molar-refractivity contribution in [3.05, 3.63) is 10.4 Å². The first-order chi connectivity index (χ1) is 8.93. The van der Waals surface area contributed by atoms with E-state index in [1.165, 1.54) is 16.2 Å². The molecule has 1 amide bonds. The summed E-state index contributed by atoms with van der Waals surface area (Å²) in [7, 11) is 6.77. The van der Waals surface area contributed by atoms with Gasteiger partial charge in [0.05, 0.1) is 12.3 Å². The van der Waals surface area contributed by atoms with Crippen LogP contribution in [0.2, 0.25) is 0 Å². The summed E-state index contributed by atoms with van der Waals surface area (Å²) in [6.07, 6.45) is 0. The first kappa shape index (κ1) is 15.3. The summed E-state index contributed by atoms with van der Waals surface area (Å²) in [5.41, 5.74) is 6.51. The van der Waals surface area contributed by atoms with Gasteiger partial charge in [-0.25, -0.2) is 0 Å². The van der Waals surface area contributed by atoms with Crippen LogP contribution in [0.5, 0.6) is 0 Å². The number of hydrogen-bond donors (Lipinski definition) is 1. The van der Waals surface area contributed by atoms with Crippen LogP contribution in [-0.4, -0.2) is 52.2 Å². The van der Waals surface area contributed by atoms with Crippen LogP contribution in [0, 0.1) is 11.3 Å². The van der Waals surface area contributed by atoms with E-state index in [2.05, 4.69) is 6.07 Å². The maximum atomic E-state index is 12.0. The lowest BCUT2D eigenvalue weighted by molar-refractivity contribution is 0.0833. The van der Waals surface area contributed by atoms with E-state index in [0.717, 1.165) is 0 Å². The Balaban J connectivity index is 3.16. The number of carbonyl (C=O) groups is 1. The molecule has 104 valence electrons. The SMILES string of the molecule is COCCN(C)c1sc(C(=O)N(C)C)c(N)c1C#N. The lowest BCUT2D eigenvalue weighted by Crippen LogP contribution is -2.22. The molecule has 0 aliphatic carbocycles. The molecule has 0 saturated heterocycles. The van der Waals surface area contributed by atoms with Crippen LogP contribution in [0.4, 0.5) is 10.7 Å². The van der Waals surface area contributed by atoms with Crippen molar-refractivity contribution in [1.29, 1.82) is 5.26 Å². The summed E-state index contributed by atoms with van der Waals surface area (Å²) in [6.45, 7) is 1.16. The molecule has 2 N–H and O–H groups in total. The number of ether oxygens (including phenoxy) is 1. The Bertz CT molecular complexity index is 505. The zero-order valence-electron chi connectivity index (χ0n) is 11.6. The number of anilines is 2. The maximum absolute atomic E-state index is 12.0. The molecular formula is C12H18N4O2S. The van der Waals surface area contributed by atoms with Crippen molar-refractivity contribution < 1.29 is 9.53 Å². The van der Waals surface area contributed by atoms with E-state index in [-0.39, 0.29) is 11.6 Å². The zero-order chi connectivity index (χ0) is 14.6. The molecule has 1 heterocycles. The predicted octanol–water partition coefficient (Wildman–Crippen LogP) is 0.986. The third kappa shape index (κ3) is 3.16. The molecule has 1 aromatic heterocycles. The fraction of sp³-hybridized carbons (Fsp3) is 0.500. The number of rotatable bonds is 5. The average Bonchev–Trinajstić information content (AvgIpc) is 2.71. The Morgan fingerprint density at radius 3 is 2.58 bits per heavy atom. The van der Waals surface area contributed by atoms with Crippen LogP contribution >= 0.6 is 11.3 Å². The second kappa shape index (κ2) is 6.41. The molecule has 0 atom stereocenters. The van der Waals surface area contributed by atoms with E-state index in [1.807, 2.05) is 11.9 Å². The quantitative estimate of drug-likeness (QED) is 0.870. The highest BCUT2D eigenvalue weighted by Crippen LogP contribution is 2.37. The van der Waals surface area contributed by atoms with Gasteiger partial charge in [0.2, 0.25) is 0 Å². The van der Waals surface area contributed by atoms with Crippen molar-refractivity contribution in [3.8, 4) is 6.07 Å². The van der Waals surface area contributed by atoms with Gasteiger partial charge in [-0.15, -0.1) is 11.3 Å². The summed E-state index contributed by atoms with van der Waals surface area (Å²) in [5.74, 6) is -0.189. The molecule has 6 nitrogen and oxygen atoms in total. The van der Waals surface area contributed by atoms with E-state index in [4.69, 9.17) is 10.5 Å². The second-order valence-electron chi connectivity index (χ2n) is 4.25. The van der Waals surface area contributed by atoms with Gasteiger partial charge in [-0.2, -0.15) is 5.26 Å². The van der Waals surface area contributed by atoms with Gasteiger partial charge in [0, 0.05) is 34.8 Å². The monoisotopic (exact) mass is 282 g/mol. The van der Waals surface area contributed by atoms with Crippen LogP contribution in [-0.2, 0) is 4.74 Å². The molecule has 19 heavy (non-hydrogen) atoms. The van der Waals surface area contributed by atoms with Gasteiger partial charge in [0.15, 0.2) is 0 Å². The minimum absolute atomic E-state index is 0.189. The highest BCUT2D eigenvalue weighted by molar-refractivity contribution is 7.19. The van der Waals surface area contributed by atoms with Crippen molar-refractivity contribution in [1.82, 2.24) is 4.90 Å². The van der Waals surface area contributed by atoms with Crippen LogP contribution in [0.15, 0.2) is 0 Å². The minimum Gasteiger partial charge on any atom is -0.396 e. The van der Waals surface area contributed by atoms with Gasteiger partial charge in [0.25, 0.3) is 5.91 Å². The first-order valence-electron chi connectivity index (χ1n) is 5.68. The van der Waals surface area contributed by atoms with Gasteiger partial charge < -0.3 is 20.3 Å². The highest BCUT2D eigenvalue weighted by atomic mass is 32.1.